The molecule has 1 aliphatic heterocycles. The number of likely N-dealkylation sites (N-methyl/N-ethyl adjacent to an activating group) is 2. The van der Waals surface area contributed by atoms with Crippen molar-refractivity contribution in [2.45, 2.75) is 132 Å². The van der Waals surface area contributed by atoms with Gasteiger partial charge < -0.3 is 25.8 Å². The first-order chi connectivity index (χ1) is 19.3. The van der Waals surface area contributed by atoms with E-state index in [1.54, 1.807) is 14.1 Å². The van der Waals surface area contributed by atoms with Crippen molar-refractivity contribution in [2.75, 3.05) is 14.1 Å². The number of carbonyl (C=O) groups excluding carboxylic acids is 5. The number of amides is 5. The van der Waals surface area contributed by atoms with E-state index in [4.69, 9.17) is 0 Å². The lowest BCUT2D eigenvalue weighted by molar-refractivity contribution is -0.145. The average Bonchev–Trinajstić information content (AvgIpc) is 2.85. The fourth-order valence-electron chi connectivity index (χ4n) is 5.47. The van der Waals surface area contributed by atoms with Gasteiger partial charge in [-0.2, -0.15) is 0 Å². The summed E-state index contributed by atoms with van der Waals surface area (Å²) in [5, 5.41) is 8.78. The Hall–Kier alpha value is -2.65. The third-order valence-electron chi connectivity index (χ3n) is 7.61. The Bertz CT molecular complexity index is 932. The maximum absolute atomic E-state index is 13.9. The van der Waals surface area contributed by atoms with E-state index in [2.05, 4.69) is 16.0 Å². The van der Waals surface area contributed by atoms with Crippen molar-refractivity contribution in [2.24, 2.45) is 29.6 Å². The van der Waals surface area contributed by atoms with E-state index in [9.17, 15) is 24.0 Å². The lowest BCUT2D eigenvalue weighted by Gasteiger charge is -2.35. The first-order valence-corrected chi connectivity index (χ1v) is 15.8. The van der Waals surface area contributed by atoms with Gasteiger partial charge in [-0.3, -0.25) is 24.0 Å². The monoisotopic (exact) mass is 593 g/mol. The Morgan fingerprint density at radius 3 is 1.02 bits per heavy atom. The van der Waals surface area contributed by atoms with E-state index >= 15 is 0 Å². The largest absolute Gasteiger partial charge is 0.343 e. The van der Waals surface area contributed by atoms with Gasteiger partial charge in [0.25, 0.3) is 0 Å². The molecule has 0 aliphatic carbocycles. The van der Waals surface area contributed by atoms with Crippen molar-refractivity contribution >= 4 is 29.5 Å². The van der Waals surface area contributed by atoms with Crippen LogP contribution in [0.4, 0.5) is 0 Å². The molecule has 0 radical (unpaired) electrons. The zero-order valence-electron chi connectivity index (χ0n) is 28.2. The lowest BCUT2D eigenvalue weighted by atomic mass is 9.96. The lowest BCUT2D eigenvalue weighted by Crippen LogP contribution is -2.58. The summed E-state index contributed by atoms with van der Waals surface area (Å²) in [4.78, 5) is 72.0. The highest BCUT2D eigenvalue weighted by Crippen LogP contribution is 2.20. The second kappa shape index (κ2) is 16.8. The van der Waals surface area contributed by atoms with E-state index in [0.29, 0.717) is 32.1 Å². The minimum absolute atomic E-state index is 0.0839. The van der Waals surface area contributed by atoms with Crippen molar-refractivity contribution in [3.05, 3.63) is 0 Å². The highest BCUT2D eigenvalue weighted by molar-refractivity contribution is 5.97. The maximum atomic E-state index is 13.9. The quantitative estimate of drug-likeness (QED) is 0.358. The van der Waals surface area contributed by atoms with E-state index < -0.39 is 47.9 Å². The molecule has 242 valence electrons. The summed E-state index contributed by atoms with van der Waals surface area (Å²) in [5.74, 6) is -1.59. The van der Waals surface area contributed by atoms with Gasteiger partial charge in [0.05, 0.1) is 0 Å². The van der Waals surface area contributed by atoms with Crippen molar-refractivity contribution in [3.63, 3.8) is 0 Å². The molecule has 0 unspecified atom stereocenters. The van der Waals surface area contributed by atoms with Gasteiger partial charge in [-0.25, -0.2) is 0 Å². The molecule has 42 heavy (non-hydrogen) atoms. The Balaban J connectivity index is 3.80. The summed E-state index contributed by atoms with van der Waals surface area (Å²) in [6, 6.07) is -4.29. The maximum Gasteiger partial charge on any atom is 0.245 e. The summed E-state index contributed by atoms with van der Waals surface area (Å²) in [5.41, 5.74) is 0. The molecule has 0 saturated carbocycles. The molecule has 1 saturated heterocycles. The van der Waals surface area contributed by atoms with E-state index in [1.165, 1.54) is 9.80 Å². The summed E-state index contributed by atoms with van der Waals surface area (Å²) in [7, 11) is 3.17. The molecule has 1 heterocycles. The molecule has 0 aromatic rings. The summed E-state index contributed by atoms with van der Waals surface area (Å²) in [6.45, 7) is 19.7. The molecule has 10 nitrogen and oxygen atoms in total. The predicted molar refractivity (Wildman–Crippen MR) is 166 cm³/mol. The molecular weight excluding hydrogens is 534 g/mol. The van der Waals surface area contributed by atoms with Crippen LogP contribution in [0.15, 0.2) is 0 Å². The number of hydrogen-bond donors (Lipinski definition) is 3. The molecule has 10 heteroatoms. The van der Waals surface area contributed by atoms with Crippen LogP contribution in [0.2, 0.25) is 0 Å². The molecule has 0 spiro atoms. The zero-order chi connectivity index (χ0) is 32.5. The third kappa shape index (κ3) is 11.6. The molecule has 3 N–H and O–H groups in total. The normalized spacial score (nSPS) is 25.7. The van der Waals surface area contributed by atoms with Crippen LogP contribution in [0.3, 0.4) is 0 Å². The second-order valence-electron chi connectivity index (χ2n) is 14.3. The van der Waals surface area contributed by atoms with Gasteiger partial charge in [-0.05, 0) is 61.7 Å². The Morgan fingerprint density at radius 2 is 0.714 bits per heavy atom. The van der Waals surface area contributed by atoms with Crippen molar-refractivity contribution in [1.82, 2.24) is 25.8 Å². The summed E-state index contributed by atoms with van der Waals surface area (Å²) < 4.78 is 0. The smallest absolute Gasteiger partial charge is 0.245 e. The molecular formula is C32H59N5O5. The standard InChI is InChI=1S/C32H59N5O5/c1-18(2)13-23-28(38)34-24(14-19(3)4)31(41)37(12)27(17-22(9)10)30(40)35-25(15-20(5)6)32(42)36(11)26(16-21(7)8)29(39)33-23/h18-27H,13-17H2,1-12H3,(H,33,39)(H,34,38)(H,35,40)/t23-,24+,25-,26-,27-/m0/s1. The highest BCUT2D eigenvalue weighted by atomic mass is 16.2. The predicted octanol–water partition coefficient (Wildman–Crippen LogP) is 3.34. The van der Waals surface area contributed by atoms with Gasteiger partial charge in [-0.15, -0.1) is 0 Å². The van der Waals surface area contributed by atoms with Crippen LogP contribution in [-0.2, 0) is 24.0 Å². The molecule has 5 atom stereocenters. The summed E-state index contributed by atoms with van der Waals surface area (Å²) >= 11 is 0. The van der Waals surface area contributed by atoms with E-state index in [0.717, 1.165) is 0 Å². The fourth-order valence-corrected chi connectivity index (χ4v) is 5.47. The van der Waals surface area contributed by atoms with Crippen LogP contribution < -0.4 is 16.0 Å². The summed E-state index contributed by atoms with van der Waals surface area (Å²) in [6.07, 6.45) is 1.90. The first-order valence-electron chi connectivity index (χ1n) is 15.8. The molecule has 1 fully saturated rings. The van der Waals surface area contributed by atoms with Crippen LogP contribution in [0.1, 0.15) is 101 Å². The number of carbonyl (C=O) groups is 5. The van der Waals surface area contributed by atoms with Gasteiger partial charge in [0.1, 0.15) is 30.2 Å². The zero-order valence-corrected chi connectivity index (χ0v) is 28.2. The van der Waals surface area contributed by atoms with Crippen molar-refractivity contribution in [1.29, 1.82) is 0 Å². The van der Waals surface area contributed by atoms with Gasteiger partial charge in [0.2, 0.25) is 29.5 Å². The number of rotatable bonds is 10. The molecule has 1 aliphatic rings. The molecule has 0 bridgehead atoms. The minimum atomic E-state index is -0.883. The fraction of sp³-hybridized carbons (Fsp3) is 0.844. The minimum Gasteiger partial charge on any atom is -0.343 e. The van der Waals surface area contributed by atoms with Crippen LogP contribution >= 0.6 is 0 Å². The Labute approximate surface area is 254 Å². The van der Waals surface area contributed by atoms with E-state index in [-0.39, 0.29) is 41.4 Å². The van der Waals surface area contributed by atoms with Gasteiger partial charge in [0.15, 0.2) is 0 Å². The Morgan fingerprint density at radius 1 is 0.452 bits per heavy atom. The average molecular weight is 594 g/mol. The molecule has 0 aromatic carbocycles. The number of nitrogens with zero attached hydrogens (tertiary/aromatic N) is 2. The second-order valence-corrected chi connectivity index (χ2v) is 14.3. The van der Waals surface area contributed by atoms with Crippen LogP contribution in [0.25, 0.3) is 0 Å². The van der Waals surface area contributed by atoms with Gasteiger partial charge in [0, 0.05) is 14.1 Å². The highest BCUT2D eigenvalue weighted by Gasteiger charge is 2.39. The molecule has 1 rings (SSSR count). The first kappa shape index (κ1) is 37.4. The van der Waals surface area contributed by atoms with Gasteiger partial charge >= 0.3 is 0 Å². The topological polar surface area (TPSA) is 128 Å². The SMILES string of the molecule is CC(C)C[C@@H]1NC(=O)[C@H](CC(C)C)N(C)C(=O)[C@H](CC(C)C)NC(=O)[C@H](CC(C)C)N(C)C(=O)[C@@H](CC(C)C)NC1=O. The van der Waals surface area contributed by atoms with Crippen LogP contribution in [-0.4, -0.2) is 83.6 Å². The van der Waals surface area contributed by atoms with Gasteiger partial charge in [-0.1, -0.05) is 69.2 Å². The number of hydrogen-bond acceptors (Lipinski definition) is 5. The van der Waals surface area contributed by atoms with Crippen LogP contribution in [0.5, 0.6) is 0 Å². The molecule has 0 aromatic heterocycles. The van der Waals surface area contributed by atoms with Crippen LogP contribution in [0, 0.1) is 29.6 Å². The molecule has 5 amide bonds. The number of nitrogens with one attached hydrogen (secondary N) is 3. The third-order valence-corrected chi connectivity index (χ3v) is 7.61. The Kier molecular flexibility index (Phi) is 15.0. The van der Waals surface area contributed by atoms with E-state index in [1.807, 2.05) is 69.2 Å². The van der Waals surface area contributed by atoms with Crippen molar-refractivity contribution in [3.8, 4) is 0 Å². The van der Waals surface area contributed by atoms with Crippen molar-refractivity contribution < 1.29 is 24.0 Å².